The summed E-state index contributed by atoms with van der Waals surface area (Å²) in [7, 11) is 0. The summed E-state index contributed by atoms with van der Waals surface area (Å²) in [5.41, 5.74) is 5.43. The molecule has 0 unspecified atom stereocenters. The molecule has 2 aliphatic rings. The molecule has 3 aromatic carbocycles. The molecule has 5 rings (SSSR count). The number of carbonyl (C=O) groups is 2. The van der Waals surface area contributed by atoms with E-state index < -0.39 is 11.0 Å². The van der Waals surface area contributed by atoms with Crippen molar-refractivity contribution in [2.24, 2.45) is 5.92 Å². The summed E-state index contributed by atoms with van der Waals surface area (Å²) in [4.78, 5) is 40.8. The minimum atomic E-state index is -0.794. The van der Waals surface area contributed by atoms with Crippen LogP contribution in [0.2, 0.25) is 0 Å². The fraction of sp³-hybridized carbons (Fsp3) is 0.333. The molecule has 0 spiro atoms. The zero-order valence-corrected chi connectivity index (χ0v) is 23.6. The first kappa shape index (κ1) is 27.3. The van der Waals surface area contributed by atoms with Crippen molar-refractivity contribution in [3.63, 3.8) is 0 Å². The number of nitro benzene ring substituents is 1. The number of nitrogens with zero attached hydrogens (tertiary/aromatic N) is 2. The molecule has 0 saturated heterocycles. The Kier molecular flexibility index (Phi) is 7.08. The van der Waals surface area contributed by atoms with Gasteiger partial charge in [-0.3, -0.25) is 24.6 Å². The zero-order chi connectivity index (χ0) is 28.8. The number of fused-ring (bicyclic) bond motifs is 1. The lowest BCUT2D eigenvalue weighted by Crippen LogP contribution is -2.40. The Bertz CT molecular complexity index is 1520. The Labute approximate surface area is 235 Å². The highest BCUT2D eigenvalue weighted by Gasteiger charge is 2.42. The van der Waals surface area contributed by atoms with Gasteiger partial charge in [0.05, 0.1) is 22.3 Å². The summed E-state index contributed by atoms with van der Waals surface area (Å²) in [6.45, 7) is 10.2. The Balaban J connectivity index is 1.68. The molecule has 0 radical (unpaired) electrons. The molecule has 7 heteroatoms. The number of nitro groups is 1. The Morgan fingerprint density at radius 2 is 1.68 bits per heavy atom. The van der Waals surface area contributed by atoms with E-state index in [4.69, 9.17) is 0 Å². The number of rotatable bonds is 4. The van der Waals surface area contributed by atoms with Crippen LogP contribution in [0.3, 0.4) is 0 Å². The number of hydrogen-bond donors (Lipinski definition) is 1. The van der Waals surface area contributed by atoms with Gasteiger partial charge >= 0.3 is 0 Å². The highest BCUT2D eigenvalue weighted by molar-refractivity contribution is 6.06. The van der Waals surface area contributed by atoms with Gasteiger partial charge < -0.3 is 5.32 Å². The van der Waals surface area contributed by atoms with E-state index in [1.54, 1.807) is 17.0 Å². The molecule has 1 aliphatic carbocycles. The fourth-order valence-electron chi connectivity index (χ4n) is 5.73. The van der Waals surface area contributed by atoms with Gasteiger partial charge in [0.15, 0.2) is 5.78 Å². The van der Waals surface area contributed by atoms with Crippen LogP contribution in [0.1, 0.15) is 76.1 Å². The minimum Gasteiger partial charge on any atom is -0.357 e. The van der Waals surface area contributed by atoms with Crippen molar-refractivity contribution < 1.29 is 14.5 Å². The van der Waals surface area contributed by atoms with Crippen molar-refractivity contribution in [1.82, 2.24) is 0 Å². The number of anilines is 2. The average Bonchev–Trinajstić information content (AvgIpc) is 3.07. The molecule has 2 atom stereocenters. The first-order valence-electron chi connectivity index (χ1n) is 13.8. The maximum Gasteiger partial charge on any atom is 0.269 e. The van der Waals surface area contributed by atoms with E-state index in [9.17, 15) is 19.7 Å². The SMILES string of the molecule is CC(C)C(=O)N1c2ccccc2NC2=C(C(=O)C[C@@H](c3ccc(C(C)(C)C)cc3)C2)[C@@H]1c1cccc([N+](=O)[O-])c1. The van der Waals surface area contributed by atoms with Crippen molar-refractivity contribution in [2.45, 2.75) is 64.8 Å². The molecular formula is C33H35N3O4. The molecule has 40 heavy (non-hydrogen) atoms. The van der Waals surface area contributed by atoms with Gasteiger partial charge in [0, 0.05) is 35.7 Å². The number of amides is 1. The van der Waals surface area contributed by atoms with Crippen LogP contribution in [0, 0.1) is 16.0 Å². The predicted octanol–water partition coefficient (Wildman–Crippen LogP) is 7.45. The third-order valence-corrected chi connectivity index (χ3v) is 7.86. The van der Waals surface area contributed by atoms with Gasteiger partial charge in [-0.25, -0.2) is 0 Å². The monoisotopic (exact) mass is 537 g/mol. The van der Waals surface area contributed by atoms with Gasteiger partial charge in [-0.15, -0.1) is 0 Å². The summed E-state index contributed by atoms with van der Waals surface area (Å²) in [5, 5.41) is 15.2. The van der Waals surface area contributed by atoms with Gasteiger partial charge in [0.2, 0.25) is 5.91 Å². The first-order valence-corrected chi connectivity index (χ1v) is 13.8. The molecule has 0 bridgehead atoms. The van der Waals surface area contributed by atoms with Gasteiger partial charge in [-0.05, 0) is 46.6 Å². The summed E-state index contributed by atoms with van der Waals surface area (Å²) >= 11 is 0. The van der Waals surface area contributed by atoms with Gasteiger partial charge in [0.25, 0.3) is 5.69 Å². The van der Waals surface area contributed by atoms with Crippen molar-refractivity contribution in [3.8, 4) is 0 Å². The molecule has 3 aromatic rings. The molecule has 1 aliphatic heterocycles. The van der Waals surface area contributed by atoms with E-state index in [1.807, 2.05) is 38.1 Å². The minimum absolute atomic E-state index is 0.0289. The standard InChI is InChI=1S/C33H35N3O4/c1-20(2)32(38)35-28-12-7-6-11-26(28)34-27-18-23(21-13-15-24(16-14-21)33(3,4)5)19-29(37)30(27)31(35)22-9-8-10-25(17-22)36(39)40/h6-17,20,23,31,34H,18-19H2,1-5H3/t23-,31-/m0/s1. The van der Waals surface area contributed by atoms with Crippen LogP contribution in [-0.2, 0) is 15.0 Å². The van der Waals surface area contributed by atoms with E-state index in [-0.39, 0.29) is 34.6 Å². The molecule has 1 heterocycles. The molecule has 0 saturated carbocycles. The van der Waals surface area contributed by atoms with E-state index in [0.717, 1.165) is 16.9 Å². The third-order valence-electron chi connectivity index (χ3n) is 7.86. The topological polar surface area (TPSA) is 92.6 Å². The molecule has 7 nitrogen and oxygen atoms in total. The van der Waals surface area contributed by atoms with Crippen molar-refractivity contribution in [1.29, 1.82) is 0 Å². The number of hydrogen-bond acceptors (Lipinski definition) is 5. The molecule has 206 valence electrons. The normalized spacial score (nSPS) is 19.1. The van der Waals surface area contributed by atoms with Crippen molar-refractivity contribution in [2.75, 3.05) is 10.2 Å². The van der Waals surface area contributed by atoms with Crippen LogP contribution >= 0.6 is 0 Å². The fourth-order valence-corrected chi connectivity index (χ4v) is 5.73. The number of para-hydroxylation sites is 2. The predicted molar refractivity (Wildman–Crippen MR) is 157 cm³/mol. The third kappa shape index (κ3) is 5.04. The van der Waals surface area contributed by atoms with E-state index in [0.29, 0.717) is 29.7 Å². The second-order valence-corrected chi connectivity index (χ2v) is 12.1. The summed E-state index contributed by atoms with van der Waals surface area (Å²) in [5.74, 6) is -0.612. The number of Topliss-reactive ketones (excluding diaryl/α,β-unsaturated/α-hetero) is 1. The average molecular weight is 538 g/mol. The molecule has 1 N–H and O–H groups in total. The van der Waals surface area contributed by atoms with E-state index in [2.05, 4.69) is 50.4 Å². The Hall–Kier alpha value is -4.26. The molecule has 0 fully saturated rings. The second-order valence-electron chi connectivity index (χ2n) is 12.1. The summed E-state index contributed by atoms with van der Waals surface area (Å²) in [6.07, 6.45) is 0.875. The lowest BCUT2D eigenvalue weighted by atomic mass is 9.77. The smallest absolute Gasteiger partial charge is 0.269 e. The van der Waals surface area contributed by atoms with Crippen LogP contribution in [0.25, 0.3) is 0 Å². The van der Waals surface area contributed by atoms with Gasteiger partial charge in [0.1, 0.15) is 0 Å². The summed E-state index contributed by atoms with van der Waals surface area (Å²) < 4.78 is 0. The van der Waals surface area contributed by atoms with Gasteiger partial charge in [-0.1, -0.05) is 83.1 Å². The highest BCUT2D eigenvalue weighted by atomic mass is 16.6. The summed E-state index contributed by atoms with van der Waals surface area (Å²) in [6, 6.07) is 21.5. The van der Waals surface area contributed by atoms with E-state index >= 15 is 0 Å². The molecular weight excluding hydrogens is 502 g/mol. The zero-order valence-electron chi connectivity index (χ0n) is 23.6. The van der Waals surface area contributed by atoms with Crippen molar-refractivity contribution >= 4 is 28.8 Å². The highest BCUT2D eigenvalue weighted by Crippen LogP contribution is 2.48. The van der Waals surface area contributed by atoms with E-state index in [1.165, 1.54) is 17.7 Å². The van der Waals surface area contributed by atoms with Crippen LogP contribution < -0.4 is 10.2 Å². The number of allylic oxidation sites excluding steroid dienone is 1. The molecule has 0 aromatic heterocycles. The molecule has 1 amide bonds. The maximum absolute atomic E-state index is 14.1. The number of ketones is 1. The van der Waals surface area contributed by atoms with Crippen LogP contribution in [0.4, 0.5) is 17.1 Å². The maximum atomic E-state index is 14.1. The largest absolute Gasteiger partial charge is 0.357 e. The quantitative estimate of drug-likeness (QED) is 0.276. The van der Waals surface area contributed by atoms with Crippen LogP contribution in [0.15, 0.2) is 84.1 Å². The Morgan fingerprint density at radius 1 is 0.975 bits per heavy atom. The van der Waals surface area contributed by atoms with Gasteiger partial charge in [-0.2, -0.15) is 0 Å². The second kappa shape index (κ2) is 10.4. The number of non-ortho nitro benzene ring substituents is 1. The first-order chi connectivity index (χ1) is 19.0. The van der Waals surface area contributed by atoms with Crippen LogP contribution in [0.5, 0.6) is 0 Å². The Morgan fingerprint density at radius 3 is 2.33 bits per heavy atom. The number of nitrogens with one attached hydrogen (secondary N) is 1. The lowest BCUT2D eigenvalue weighted by molar-refractivity contribution is -0.384. The van der Waals surface area contributed by atoms with Crippen LogP contribution in [-0.4, -0.2) is 16.6 Å². The number of benzene rings is 3. The van der Waals surface area contributed by atoms with Crippen molar-refractivity contribution in [3.05, 3.63) is 111 Å². The number of carbonyl (C=O) groups excluding carboxylic acids is 2. The lowest BCUT2D eigenvalue weighted by Gasteiger charge is -2.36.